The topological polar surface area (TPSA) is 25.2 Å². The fourth-order valence-corrected chi connectivity index (χ4v) is 1.70. The minimum Gasteiger partial charge on any atom is -0.390 e. The van der Waals surface area contributed by atoms with Gasteiger partial charge >= 0.3 is 0 Å². The molecule has 0 aliphatic heterocycles. The molecule has 1 aromatic rings. The summed E-state index contributed by atoms with van der Waals surface area (Å²) in [4.78, 5) is 0. The fraction of sp³-hybridized carbons (Fsp3) is 0.667. The van der Waals surface area contributed by atoms with Crippen LogP contribution in [0.15, 0.2) is 18.3 Å². The molecule has 2 heteroatoms. The van der Waals surface area contributed by atoms with E-state index < -0.39 is 0 Å². The van der Waals surface area contributed by atoms with E-state index in [0.29, 0.717) is 0 Å². The lowest BCUT2D eigenvalue weighted by molar-refractivity contribution is 0.270. The minimum absolute atomic E-state index is 0.155. The second kappa shape index (κ2) is 6.66. The Kier molecular flexibility index (Phi) is 5.38. The summed E-state index contributed by atoms with van der Waals surface area (Å²) in [5.74, 6) is 0. The number of aliphatic hydroxyl groups is 1. The van der Waals surface area contributed by atoms with Gasteiger partial charge in [-0.1, -0.05) is 32.6 Å². The Morgan fingerprint density at radius 2 is 2.00 bits per heavy atom. The molecule has 0 saturated carbocycles. The predicted molar refractivity (Wildman–Crippen MR) is 59.1 cm³/mol. The first kappa shape index (κ1) is 11.3. The molecule has 1 heterocycles. The van der Waals surface area contributed by atoms with E-state index in [4.69, 9.17) is 5.11 Å². The van der Waals surface area contributed by atoms with Gasteiger partial charge in [0, 0.05) is 18.4 Å². The number of aliphatic hydroxyl groups excluding tert-OH is 1. The van der Waals surface area contributed by atoms with Crippen molar-refractivity contribution in [3.05, 3.63) is 24.0 Å². The van der Waals surface area contributed by atoms with Crippen LogP contribution in [0.2, 0.25) is 0 Å². The van der Waals surface area contributed by atoms with Crippen LogP contribution in [-0.4, -0.2) is 9.67 Å². The summed E-state index contributed by atoms with van der Waals surface area (Å²) in [5.41, 5.74) is 1.03. The van der Waals surface area contributed by atoms with Gasteiger partial charge in [0.05, 0.1) is 6.61 Å². The van der Waals surface area contributed by atoms with Crippen molar-refractivity contribution in [2.45, 2.75) is 52.2 Å². The fourth-order valence-electron chi connectivity index (χ4n) is 1.70. The van der Waals surface area contributed by atoms with Gasteiger partial charge in [-0.2, -0.15) is 0 Å². The highest BCUT2D eigenvalue weighted by molar-refractivity contribution is 5.05. The quantitative estimate of drug-likeness (QED) is 0.665. The van der Waals surface area contributed by atoms with Gasteiger partial charge in [0.25, 0.3) is 0 Å². The van der Waals surface area contributed by atoms with Crippen molar-refractivity contribution in [2.75, 3.05) is 0 Å². The molecule has 0 spiro atoms. The maximum Gasteiger partial charge on any atom is 0.0832 e. The number of aryl methyl sites for hydroxylation is 1. The van der Waals surface area contributed by atoms with E-state index in [-0.39, 0.29) is 6.61 Å². The third kappa shape index (κ3) is 3.54. The Morgan fingerprint density at radius 3 is 2.71 bits per heavy atom. The number of hydrogen-bond acceptors (Lipinski definition) is 1. The summed E-state index contributed by atoms with van der Waals surface area (Å²) in [7, 11) is 0. The zero-order valence-electron chi connectivity index (χ0n) is 9.08. The molecule has 0 amide bonds. The van der Waals surface area contributed by atoms with Gasteiger partial charge in [0.15, 0.2) is 0 Å². The van der Waals surface area contributed by atoms with Gasteiger partial charge in [-0.05, 0) is 18.6 Å². The molecule has 0 aliphatic carbocycles. The van der Waals surface area contributed by atoms with Gasteiger partial charge in [-0.3, -0.25) is 0 Å². The average molecular weight is 195 g/mol. The Labute approximate surface area is 86.6 Å². The van der Waals surface area contributed by atoms with E-state index in [2.05, 4.69) is 11.5 Å². The SMILES string of the molecule is CCCCCCCn1cccc1CO. The van der Waals surface area contributed by atoms with Crippen LogP contribution in [0.5, 0.6) is 0 Å². The lowest BCUT2D eigenvalue weighted by Crippen LogP contribution is -2.01. The zero-order valence-corrected chi connectivity index (χ0v) is 9.08. The van der Waals surface area contributed by atoms with Crippen LogP contribution in [0.1, 0.15) is 44.7 Å². The molecule has 1 N–H and O–H groups in total. The Bertz CT molecular complexity index is 242. The molecule has 0 radical (unpaired) electrons. The smallest absolute Gasteiger partial charge is 0.0832 e. The van der Waals surface area contributed by atoms with Gasteiger partial charge in [-0.25, -0.2) is 0 Å². The number of nitrogens with zero attached hydrogens (tertiary/aromatic N) is 1. The maximum absolute atomic E-state index is 9.03. The highest BCUT2D eigenvalue weighted by Crippen LogP contribution is 2.07. The Hall–Kier alpha value is -0.760. The summed E-state index contributed by atoms with van der Waals surface area (Å²) < 4.78 is 2.14. The zero-order chi connectivity index (χ0) is 10.2. The van der Waals surface area contributed by atoms with Crippen LogP contribution in [0.25, 0.3) is 0 Å². The van der Waals surface area contributed by atoms with Crippen LogP contribution in [0, 0.1) is 0 Å². The van der Waals surface area contributed by atoms with E-state index >= 15 is 0 Å². The molecule has 0 saturated heterocycles. The number of unbranched alkanes of at least 4 members (excludes halogenated alkanes) is 4. The number of hydrogen-bond donors (Lipinski definition) is 1. The second-order valence-electron chi connectivity index (χ2n) is 3.77. The standard InChI is InChI=1S/C12H21NO/c1-2-3-4-5-6-9-13-10-7-8-12(13)11-14/h7-8,10,14H,2-6,9,11H2,1H3. The summed E-state index contributed by atoms with van der Waals surface area (Å²) in [6, 6.07) is 3.98. The molecule has 1 rings (SSSR count). The summed E-state index contributed by atoms with van der Waals surface area (Å²) in [5, 5.41) is 9.03. The first-order valence-electron chi connectivity index (χ1n) is 5.63. The highest BCUT2D eigenvalue weighted by Gasteiger charge is 1.97. The highest BCUT2D eigenvalue weighted by atomic mass is 16.3. The van der Waals surface area contributed by atoms with Crippen LogP contribution >= 0.6 is 0 Å². The maximum atomic E-state index is 9.03. The van der Waals surface area contributed by atoms with Gasteiger partial charge in [0.1, 0.15) is 0 Å². The monoisotopic (exact) mass is 195 g/mol. The van der Waals surface area contributed by atoms with Crippen molar-refractivity contribution in [1.29, 1.82) is 0 Å². The Morgan fingerprint density at radius 1 is 1.21 bits per heavy atom. The molecule has 0 aliphatic rings. The molecule has 0 unspecified atom stereocenters. The summed E-state index contributed by atoms with van der Waals surface area (Å²) >= 11 is 0. The molecule has 0 bridgehead atoms. The van der Waals surface area contributed by atoms with Crippen LogP contribution in [0.3, 0.4) is 0 Å². The van der Waals surface area contributed by atoms with Crippen molar-refractivity contribution in [3.8, 4) is 0 Å². The normalized spacial score (nSPS) is 10.7. The van der Waals surface area contributed by atoms with Crippen molar-refractivity contribution in [1.82, 2.24) is 4.57 Å². The van der Waals surface area contributed by atoms with E-state index in [1.165, 1.54) is 32.1 Å². The predicted octanol–water partition coefficient (Wildman–Crippen LogP) is 2.95. The van der Waals surface area contributed by atoms with E-state index in [1.807, 2.05) is 18.3 Å². The largest absolute Gasteiger partial charge is 0.390 e. The van der Waals surface area contributed by atoms with Gasteiger partial charge < -0.3 is 9.67 Å². The molecule has 0 aromatic carbocycles. The molecular formula is C12H21NO. The average Bonchev–Trinajstić information content (AvgIpc) is 2.65. The first-order valence-corrected chi connectivity index (χ1v) is 5.63. The van der Waals surface area contributed by atoms with Gasteiger partial charge in [0.2, 0.25) is 0 Å². The Balaban J connectivity index is 2.17. The molecule has 2 nitrogen and oxygen atoms in total. The van der Waals surface area contributed by atoms with E-state index in [0.717, 1.165) is 12.2 Å². The van der Waals surface area contributed by atoms with E-state index in [9.17, 15) is 0 Å². The summed E-state index contributed by atoms with van der Waals surface area (Å²) in [6.45, 7) is 3.43. The number of rotatable bonds is 7. The third-order valence-corrected chi connectivity index (χ3v) is 2.59. The first-order chi connectivity index (χ1) is 6.88. The molecular weight excluding hydrogens is 174 g/mol. The van der Waals surface area contributed by atoms with E-state index in [1.54, 1.807) is 0 Å². The van der Waals surface area contributed by atoms with Crippen molar-refractivity contribution >= 4 is 0 Å². The second-order valence-corrected chi connectivity index (χ2v) is 3.77. The minimum atomic E-state index is 0.155. The molecule has 0 atom stereocenters. The van der Waals surface area contributed by atoms with Crippen LogP contribution in [0.4, 0.5) is 0 Å². The van der Waals surface area contributed by atoms with Gasteiger partial charge in [-0.15, -0.1) is 0 Å². The molecule has 14 heavy (non-hydrogen) atoms. The lowest BCUT2D eigenvalue weighted by Gasteiger charge is -2.06. The van der Waals surface area contributed by atoms with Crippen molar-refractivity contribution in [3.63, 3.8) is 0 Å². The molecule has 1 aromatic heterocycles. The van der Waals surface area contributed by atoms with Crippen molar-refractivity contribution < 1.29 is 5.11 Å². The summed E-state index contributed by atoms with van der Waals surface area (Å²) in [6.07, 6.45) is 8.56. The third-order valence-electron chi connectivity index (χ3n) is 2.59. The van der Waals surface area contributed by atoms with Crippen LogP contribution < -0.4 is 0 Å². The number of aromatic nitrogens is 1. The molecule has 0 fully saturated rings. The molecule has 80 valence electrons. The van der Waals surface area contributed by atoms with Crippen LogP contribution in [-0.2, 0) is 13.2 Å². The van der Waals surface area contributed by atoms with Crippen molar-refractivity contribution in [2.24, 2.45) is 0 Å². The lowest BCUT2D eigenvalue weighted by atomic mass is 10.1.